The van der Waals surface area contributed by atoms with Gasteiger partial charge in [-0.2, -0.15) is 0 Å². The normalized spacial score (nSPS) is 12.5. The van der Waals surface area contributed by atoms with Crippen molar-refractivity contribution in [3.05, 3.63) is 12.2 Å². The highest BCUT2D eigenvalue weighted by atomic mass is 31.2. The fraction of sp³-hybridized carbons (Fsp3) is 0.897. The Bertz CT molecular complexity index is 797. The minimum absolute atomic E-state index is 0.206. The van der Waals surface area contributed by atoms with Gasteiger partial charge in [-0.1, -0.05) is 167 Å². The summed E-state index contributed by atoms with van der Waals surface area (Å²) < 4.78 is 26.3. The summed E-state index contributed by atoms with van der Waals surface area (Å²) >= 11 is 0. The first-order valence-electron chi connectivity index (χ1n) is 20.0. The number of carbonyl (C=O) groups is 2. The number of carbonyl (C=O) groups excluding carboxylic acids is 2. The molecule has 0 aliphatic heterocycles. The van der Waals surface area contributed by atoms with Gasteiger partial charge >= 0.3 is 19.8 Å². The molecule has 0 aromatic rings. The maximum absolute atomic E-state index is 12.4. The molecular formula is C39H75O8P. The summed E-state index contributed by atoms with van der Waals surface area (Å²) in [5.74, 6) is -0.885. The molecule has 0 saturated carbocycles. The molecule has 284 valence electrons. The largest absolute Gasteiger partial charge is 0.469 e. The summed E-state index contributed by atoms with van der Waals surface area (Å²) in [5.41, 5.74) is 0. The van der Waals surface area contributed by atoms with Gasteiger partial charge in [0.2, 0.25) is 0 Å². The Kier molecular flexibility index (Phi) is 34.7. The third-order valence-electron chi connectivity index (χ3n) is 8.78. The fourth-order valence-electron chi connectivity index (χ4n) is 5.78. The van der Waals surface area contributed by atoms with E-state index in [0.717, 1.165) is 51.4 Å². The summed E-state index contributed by atoms with van der Waals surface area (Å²) in [5, 5.41) is 0. The smallest absolute Gasteiger partial charge is 0.462 e. The molecule has 48 heavy (non-hydrogen) atoms. The third kappa shape index (κ3) is 37.6. The summed E-state index contributed by atoms with van der Waals surface area (Å²) in [7, 11) is -4.75. The van der Waals surface area contributed by atoms with Crippen LogP contribution in [0.15, 0.2) is 12.2 Å². The molecule has 0 spiro atoms. The lowest BCUT2D eigenvalue weighted by Gasteiger charge is -2.18. The zero-order valence-electron chi connectivity index (χ0n) is 31.2. The molecule has 0 fully saturated rings. The van der Waals surface area contributed by atoms with Gasteiger partial charge in [-0.15, -0.1) is 0 Å². The van der Waals surface area contributed by atoms with Crippen LogP contribution in [0.5, 0.6) is 0 Å². The first-order valence-corrected chi connectivity index (χ1v) is 21.5. The quantitative estimate of drug-likeness (QED) is 0.0284. The molecule has 0 amide bonds. The van der Waals surface area contributed by atoms with Gasteiger partial charge in [0.1, 0.15) is 6.61 Å². The number of ether oxygens (including phenoxy) is 2. The lowest BCUT2D eigenvalue weighted by atomic mass is 10.0. The number of allylic oxidation sites excluding steroid dienone is 2. The Morgan fingerprint density at radius 2 is 0.875 bits per heavy atom. The van der Waals surface area contributed by atoms with Crippen LogP contribution in [0.2, 0.25) is 0 Å². The van der Waals surface area contributed by atoms with Crippen LogP contribution in [0.1, 0.15) is 206 Å². The van der Waals surface area contributed by atoms with Crippen LogP contribution in [0.25, 0.3) is 0 Å². The molecule has 0 bridgehead atoms. The zero-order chi connectivity index (χ0) is 35.4. The Labute approximate surface area is 295 Å². The van der Waals surface area contributed by atoms with Crippen LogP contribution in [-0.4, -0.2) is 41.0 Å². The molecule has 2 N–H and O–H groups in total. The Balaban J connectivity index is 3.92. The average Bonchev–Trinajstić information content (AvgIpc) is 3.05. The van der Waals surface area contributed by atoms with E-state index in [1.807, 2.05) is 0 Å². The fourth-order valence-corrected chi connectivity index (χ4v) is 6.14. The van der Waals surface area contributed by atoms with E-state index < -0.39 is 32.5 Å². The number of esters is 2. The van der Waals surface area contributed by atoms with Crippen molar-refractivity contribution in [2.24, 2.45) is 0 Å². The third-order valence-corrected chi connectivity index (χ3v) is 9.27. The summed E-state index contributed by atoms with van der Waals surface area (Å²) in [4.78, 5) is 42.7. The highest BCUT2D eigenvalue weighted by Crippen LogP contribution is 2.36. The second-order valence-electron chi connectivity index (χ2n) is 13.6. The molecule has 0 saturated heterocycles. The van der Waals surface area contributed by atoms with E-state index in [1.165, 1.54) is 122 Å². The molecular weight excluding hydrogens is 627 g/mol. The molecule has 9 heteroatoms. The van der Waals surface area contributed by atoms with E-state index in [4.69, 9.17) is 19.3 Å². The molecule has 8 nitrogen and oxygen atoms in total. The molecule has 0 heterocycles. The van der Waals surface area contributed by atoms with Crippen molar-refractivity contribution in [2.75, 3.05) is 13.2 Å². The Hall–Kier alpha value is -1.21. The Morgan fingerprint density at radius 3 is 1.27 bits per heavy atom. The van der Waals surface area contributed by atoms with E-state index >= 15 is 0 Å². The molecule has 0 aliphatic carbocycles. The number of phosphoric ester groups is 1. The molecule has 0 aliphatic rings. The van der Waals surface area contributed by atoms with Crippen LogP contribution >= 0.6 is 7.82 Å². The number of hydrogen-bond acceptors (Lipinski definition) is 6. The molecule has 1 atom stereocenters. The van der Waals surface area contributed by atoms with E-state index in [0.29, 0.717) is 6.42 Å². The van der Waals surface area contributed by atoms with E-state index in [1.54, 1.807) is 0 Å². The monoisotopic (exact) mass is 703 g/mol. The first-order chi connectivity index (χ1) is 23.3. The molecule has 0 unspecified atom stereocenters. The predicted molar refractivity (Wildman–Crippen MR) is 198 cm³/mol. The lowest BCUT2D eigenvalue weighted by Crippen LogP contribution is -2.29. The first kappa shape index (κ1) is 46.8. The highest BCUT2D eigenvalue weighted by Gasteiger charge is 2.22. The zero-order valence-corrected chi connectivity index (χ0v) is 32.0. The van der Waals surface area contributed by atoms with Gasteiger partial charge in [0.05, 0.1) is 6.61 Å². The summed E-state index contributed by atoms with van der Waals surface area (Å²) in [6.45, 7) is 3.68. The van der Waals surface area contributed by atoms with Crippen molar-refractivity contribution < 1.29 is 37.9 Å². The molecule has 0 rings (SSSR count). The van der Waals surface area contributed by atoms with Crippen LogP contribution in [0.3, 0.4) is 0 Å². The van der Waals surface area contributed by atoms with Gasteiger partial charge in [0.15, 0.2) is 6.10 Å². The second kappa shape index (κ2) is 35.6. The summed E-state index contributed by atoms with van der Waals surface area (Å²) in [6, 6.07) is 0. The SMILES string of the molecule is CCCCCCCCC=CCCCCCCCC(=O)O[C@H](COC(=O)CCCCCCCCCCCCCCCCC)COP(=O)(O)O. The molecule has 0 aromatic heterocycles. The van der Waals surface area contributed by atoms with Crippen molar-refractivity contribution in [2.45, 2.75) is 213 Å². The van der Waals surface area contributed by atoms with Gasteiger partial charge in [-0.05, 0) is 38.5 Å². The van der Waals surface area contributed by atoms with E-state index in [2.05, 4.69) is 30.5 Å². The van der Waals surface area contributed by atoms with Gasteiger partial charge < -0.3 is 19.3 Å². The maximum atomic E-state index is 12.4. The van der Waals surface area contributed by atoms with Crippen LogP contribution in [0.4, 0.5) is 0 Å². The maximum Gasteiger partial charge on any atom is 0.469 e. The molecule has 0 aromatic carbocycles. The topological polar surface area (TPSA) is 119 Å². The van der Waals surface area contributed by atoms with Crippen molar-refractivity contribution >= 4 is 19.8 Å². The van der Waals surface area contributed by atoms with Crippen molar-refractivity contribution in [1.82, 2.24) is 0 Å². The lowest BCUT2D eigenvalue weighted by molar-refractivity contribution is -0.161. The van der Waals surface area contributed by atoms with Gasteiger partial charge in [0.25, 0.3) is 0 Å². The summed E-state index contributed by atoms with van der Waals surface area (Å²) in [6.07, 6.45) is 37.8. The van der Waals surface area contributed by atoms with Crippen LogP contribution in [0, 0.1) is 0 Å². The average molecular weight is 703 g/mol. The van der Waals surface area contributed by atoms with E-state index in [-0.39, 0.29) is 19.4 Å². The van der Waals surface area contributed by atoms with Gasteiger partial charge in [0, 0.05) is 12.8 Å². The molecule has 0 radical (unpaired) electrons. The van der Waals surface area contributed by atoms with Crippen molar-refractivity contribution in [3.63, 3.8) is 0 Å². The number of unbranched alkanes of at least 4 members (excludes halogenated alkanes) is 25. The minimum atomic E-state index is -4.75. The van der Waals surface area contributed by atoms with Gasteiger partial charge in [-0.25, -0.2) is 4.57 Å². The van der Waals surface area contributed by atoms with E-state index in [9.17, 15) is 14.2 Å². The second-order valence-corrected chi connectivity index (χ2v) is 14.9. The van der Waals surface area contributed by atoms with Crippen LogP contribution in [-0.2, 0) is 28.2 Å². The number of hydrogen-bond donors (Lipinski definition) is 2. The standard InChI is InChI=1S/C39H75O8P/c1-3-5-7-9-11-13-15-17-19-21-23-25-27-29-31-33-38(40)45-35-37(36-46-48(42,43)44)47-39(41)34-32-30-28-26-24-22-20-18-16-14-12-10-8-6-4-2/h18,20,37H,3-17,19,21-36H2,1-2H3,(H2,42,43,44)/t37-/m1/s1. The van der Waals surface area contributed by atoms with Crippen LogP contribution < -0.4 is 0 Å². The highest BCUT2D eigenvalue weighted by molar-refractivity contribution is 7.46. The number of rotatable bonds is 37. The number of phosphoric acid groups is 1. The van der Waals surface area contributed by atoms with Crippen molar-refractivity contribution in [3.8, 4) is 0 Å². The Morgan fingerprint density at radius 1 is 0.521 bits per heavy atom. The van der Waals surface area contributed by atoms with Crippen molar-refractivity contribution in [1.29, 1.82) is 0 Å². The van der Waals surface area contributed by atoms with Gasteiger partial charge in [-0.3, -0.25) is 14.1 Å². The predicted octanol–water partition coefficient (Wildman–Crippen LogP) is 11.8. The minimum Gasteiger partial charge on any atom is -0.462 e.